The van der Waals surface area contributed by atoms with Crippen LogP contribution in [-0.4, -0.2) is 86.3 Å². The quantitative estimate of drug-likeness (QED) is 0.317. The first kappa shape index (κ1) is 25.0. The molecule has 0 bridgehead atoms. The van der Waals surface area contributed by atoms with Gasteiger partial charge in [0.25, 0.3) is 0 Å². The molecule has 1 aliphatic carbocycles. The highest BCUT2D eigenvalue weighted by Gasteiger charge is 2.41. The lowest BCUT2D eigenvalue weighted by Crippen LogP contribution is -2.45. The van der Waals surface area contributed by atoms with Crippen molar-refractivity contribution in [1.82, 2.24) is 34.3 Å². The van der Waals surface area contributed by atoms with Crippen molar-refractivity contribution in [1.29, 1.82) is 0 Å². The average Bonchev–Trinajstić information content (AvgIpc) is 3.54. The molecule has 2 aliphatic rings. The summed E-state index contributed by atoms with van der Waals surface area (Å²) in [7, 11) is 2.16. The van der Waals surface area contributed by atoms with Crippen molar-refractivity contribution >= 4 is 22.8 Å². The van der Waals surface area contributed by atoms with Gasteiger partial charge in [-0.25, -0.2) is 9.97 Å². The molecule has 6 rings (SSSR count). The summed E-state index contributed by atoms with van der Waals surface area (Å²) in [6, 6.07) is 9.76. The monoisotopic (exact) mass is 533 g/mol. The Hall–Kier alpha value is -3.27. The van der Waals surface area contributed by atoms with Crippen LogP contribution in [0.15, 0.2) is 49.1 Å². The maximum Gasteiger partial charge on any atom is 0.245 e. The molecule has 1 aromatic carbocycles. The lowest BCUT2D eigenvalue weighted by atomic mass is 10.2. The first-order valence-electron chi connectivity index (χ1n) is 13.1. The third-order valence-corrected chi connectivity index (χ3v) is 7.65. The van der Waals surface area contributed by atoms with E-state index in [1.165, 1.54) is 6.33 Å². The van der Waals surface area contributed by atoms with E-state index in [-0.39, 0.29) is 5.60 Å². The molecule has 38 heavy (non-hydrogen) atoms. The summed E-state index contributed by atoms with van der Waals surface area (Å²) in [5, 5.41) is 0.568. The largest absolute Gasteiger partial charge is 0.492 e. The van der Waals surface area contributed by atoms with Gasteiger partial charge in [-0.1, -0.05) is 11.6 Å². The molecule has 1 saturated heterocycles. The Morgan fingerprint density at radius 1 is 1.03 bits per heavy atom. The van der Waals surface area contributed by atoms with Crippen LogP contribution in [0.1, 0.15) is 25.3 Å². The van der Waals surface area contributed by atoms with Crippen LogP contribution >= 0.6 is 11.6 Å². The SMILES string of the molecule is CN1CCN(CCOc2ccc(-c3nc4c(OC5(C)CC5)ncnc4n3Cc3ccncc3)c(Cl)c2)CC1. The molecule has 1 saturated carbocycles. The van der Waals surface area contributed by atoms with Crippen LogP contribution in [-0.2, 0) is 6.54 Å². The minimum Gasteiger partial charge on any atom is -0.492 e. The number of rotatable bonds is 9. The summed E-state index contributed by atoms with van der Waals surface area (Å²) in [4.78, 5) is 22.9. The van der Waals surface area contributed by atoms with E-state index in [0.717, 1.165) is 62.4 Å². The van der Waals surface area contributed by atoms with Gasteiger partial charge in [0.1, 0.15) is 30.1 Å². The summed E-state index contributed by atoms with van der Waals surface area (Å²) < 4.78 is 14.3. The maximum atomic E-state index is 6.84. The number of hydrogen-bond donors (Lipinski definition) is 0. The number of benzene rings is 1. The molecule has 0 radical (unpaired) electrons. The number of fused-ring (bicyclic) bond motifs is 1. The van der Waals surface area contributed by atoms with Crippen molar-refractivity contribution in [3.05, 3.63) is 59.6 Å². The molecule has 198 valence electrons. The number of aromatic nitrogens is 5. The van der Waals surface area contributed by atoms with E-state index in [4.69, 9.17) is 26.1 Å². The highest BCUT2D eigenvalue weighted by molar-refractivity contribution is 6.33. The summed E-state index contributed by atoms with van der Waals surface area (Å²) in [6.45, 7) is 8.50. The number of imidazole rings is 1. The number of piperazine rings is 1. The van der Waals surface area contributed by atoms with Gasteiger partial charge < -0.3 is 18.9 Å². The topological polar surface area (TPSA) is 81.4 Å². The molecule has 1 aliphatic heterocycles. The van der Waals surface area contributed by atoms with Crippen molar-refractivity contribution in [2.45, 2.75) is 31.9 Å². The molecule has 9 nitrogen and oxygen atoms in total. The highest BCUT2D eigenvalue weighted by atomic mass is 35.5. The molecule has 4 heterocycles. The summed E-state index contributed by atoms with van der Waals surface area (Å²) in [5.74, 6) is 1.96. The Morgan fingerprint density at radius 2 is 1.82 bits per heavy atom. The number of pyridine rings is 1. The number of likely N-dealkylation sites (N-methyl/N-ethyl adjacent to an activating group) is 1. The molecular weight excluding hydrogens is 502 g/mol. The number of hydrogen-bond acceptors (Lipinski definition) is 8. The second-order valence-electron chi connectivity index (χ2n) is 10.4. The first-order chi connectivity index (χ1) is 18.5. The lowest BCUT2D eigenvalue weighted by molar-refractivity contribution is 0.134. The van der Waals surface area contributed by atoms with Crippen molar-refractivity contribution in [2.75, 3.05) is 46.4 Å². The standard InChI is InChI=1S/C28H32ClN7O2/c1-28(7-8-28)38-27-24-26(31-19-32-27)36(18-20-5-9-30-10-6-20)25(33-24)22-4-3-21(17-23(22)29)37-16-15-35-13-11-34(2)12-14-35/h3-6,9-10,17,19H,7-8,11-16,18H2,1-2H3. The Kier molecular flexibility index (Phi) is 6.90. The third-order valence-electron chi connectivity index (χ3n) is 7.34. The van der Waals surface area contributed by atoms with Crippen molar-refractivity contribution in [2.24, 2.45) is 0 Å². The van der Waals surface area contributed by atoms with Crippen molar-refractivity contribution < 1.29 is 9.47 Å². The fourth-order valence-corrected chi connectivity index (χ4v) is 4.91. The van der Waals surface area contributed by atoms with Crippen LogP contribution in [0.25, 0.3) is 22.6 Å². The summed E-state index contributed by atoms with van der Waals surface area (Å²) >= 11 is 6.84. The summed E-state index contributed by atoms with van der Waals surface area (Å²) in [5.41, 5.74) is 3.03. The second-order valence-corrected chi connectivity index (χ2v) is 10.8. The predicted molar refractivity (Wildman–Crippen MR) is 147 cm³/mol. The van der Waals surface area contributed by atoms with Crippen molar-refractivity contribution in [3.63, 3.8) is 0 Å². The van der Waals surface area contributed by atoms with E-state index < -0.39 is 0 Å². The second kappa shape index (κ2) is 10.5. The Labute approximate surface area is 227 Å². The first-order valence-corrected chi connectivity index (χ1v) is 13.5. The zero-order valence-electron chi connectivity index (χ0n) is 21.8. The summed E-state index contributed by atoms with van der Waals surface area (Å²) in [6.07, 6.45) is 7.12. The van der Waals surface area contributed by atoms with Gasteiger partial charge in [-0.15, -0.1) is 0 Å². The Bertz CT molecular complexity index is 1420. The molecule has 10 heteroatoms. The van der Waals surface area contributed by atoms with Gasteiger partial charge in [0.2, 0.25) is 5.88 Å². The van der Waals surface area contributed by atoms with Crippen LogP contribution in [0.3, 0.4) is 0 Å². The van der Waals surface area contributed by atoms with Gasteiger partial charge in [0, 0.05) is 50.7 Å². The van der Waals surface area contributed by atoms with Crippen LogP contribution in [0.4, 0.5) is 0 Å². The van der Waals surface area contributed by atoms with Crippen LogP contribution in [0.5, 0.6) is 11.6 Å². The van der Waals surface area contributed by atoms with Gasteiger partial charge in [-0.05, 0) is 62.7 Å². The van der Waals surface area contributed by atoms with E-state index in [1.807, 2.05) is 30.3 Å². The molecule has 4 aromatic rings. The minimum atomic E-state index is -0.183. The van der Waals surface area contributed by atoms with E-state index in [9.17, 15) is 0 Å². The van der Waals surface area contributed by atoms with Gasteiger partial charge in [0.15, 0.2) is 11.2 Å². The normalized spacial score (nSPS) is 17.6. The smallest absolute Gasteiger partial charge is 0.245 e. The number of ether oxygens (including phenoxy) is 2. The molecule has 2 fully saturated rings. The number of nitrogens with zero attached hydrogens (tertiary/aromatic N) is 7. The van der Waals surface area contributed by atoms with Gasteiger partial charge >= 0.3 is 0 Å². The lowest BCUT2D eigenvalue weighted by Gasteiger charge is -2.32. The molecule has 3 aromatic heterocycles. The van der Waals surface area contributed by atoms with E-state index >= 15 is 0 Å². The fourth-order valence-electron chi connectivity index (χ4n) is 4.66. The minimum absolute atomic E-state index is 0.183. The zero-order chi connectivity index (χ0) is 26.1. The predicted octanol–water partition coefficient (Wildman–Crippen LogP) is 4.15. The van der Waals surface area contributed by atoms with Crippen molar-refractivity contribution in [3.8, 4) is 23.0 Å². The van der Waals surface area contributed by atoms with E-state index in [0.29, 0.717) is 41.0 Å². The molecule has 0 amide bonds. The highest BCUT2D eigenvalue weighted by Crippen LogP contribution is 2.41. The van der Waals surface area contributed by atoms with Gasteiger partial charge in [-0.3, -0.25) is 9.88 Å². The molecule has 0 unspecified atom stereocenters. The zero-order valence-corrected chi connectivity index (χ0v) is 22.6. The number of halogens is 1. The van der Waals surface area contributed by atoms with E-state index in [1.54, 1.807) is 12.4 Å². The molecule has 0 atom stereocenters. The maximum absolute atomic E-state index is 6.84. The third kappa shape index (κ3) is 5.45. The Morgan fingerprint density at radius 3 is 2.55 bits per heavy atom. The molecule has 0 spiro atoms. The Balaban J connectivity index is 1.28. The molecule has 0 N–H and O–H groups in total. The van der Waals surface area contributed by atoms with Gasteiger partial charge in [-0.2, -0.15) is 4.98 Å². The van der Waals surface area contributed by atoms with Crippen LogP contribution in [0, 0.1) is 0 Å². The van der Waals surface area contributed by atoms with Crippen LogP contribution in [0.2, 0.25) is 5.02 Å². The fraction of sp³-hybridized carbons (Fsp3) is 0.429. The molecular formula is C28H32ClN7O2. The average molecular weight is 534 g/mol. The van der Waals surface area contributed by atoms with Crippen LogP contribution < -0.4 is 9.47 Å². The van der Waals surface area contributed by atoms with E-state index in [2.05, 4.69) is 43.3 Å². The van der Waals surface area contributed by atoms with Gasteiger partial charge in [0.05, 0.1) is 11.6 Å².